The Hall–Kier alpha value is -2.05. The predicted octanol–water partition coefficient (Wildman–Crippen LogP) is 4.12. The Morgan fingerprint density at radius 2 is 1.66 bits per heavy atom. The van der Waals surface area contributed by atoms with Crippen LogP contribution >= 0.6 is 0 Å². The van der Waals surface area contributed by atoms with Crippen molar-refractivity contribution in [2.45, 2.75) is 57.2 Å². The molecular formula is C22H26F3NO3. The van der Waals surface area contributed by atoms with Crippen molar-refractivity contribution in [2.24, 2.45) is 23.2 Å². The fraction of sp³-hybridized carbons (Fsp3) is 0.636. The molecule has 0 aliphatic heterocycles. The smallest absolute Gasteiger partial charge is 0.416 e. The molecule has 1 N–H and O–H groups in total. The van der Waals surface area contributed by atoms with Crippen molar-refractivity contribution in [1.82, 2.24) is 5.32 Å². The minimum absolute atomic E-state index is 0.0267. The lowest BCUT2D eigenvalue weighted by molar-refractivity contribution is -0.153. The Balaban J connectivity index is 1.55. The summed E-state index contributed by atoms with van der Waals surface area (Å²) < 4.78 is 44.8. The van der Waals surface area contributed by atoms with Gasteiger partial charge in [-0.3, -0.25) is 4.79 Å². The number of carbonyl (C=O) groups excluding carboxylic acids is 2. The maximum absolute atomic E-state index is 13.3. The average Bonchev–Trinajstić information content (AvgIpc) is 2.65. The second-order valence-electron chi connectivity index (χ2n) is 9.11. The third kappa shape index (κ3) is 3.88. The molecule has 1 aromatic carbocycles. The maximum atomic E-state index is 13.3. The van der Waals surface area contributed by atoms with Crippen LogP contribution in [0.1, 0.15) is 49.7 Å². The minimum Gasteiger partial charge on any atom is -0.467 e. The number of esters is 1. The summed E-state index contributed by atoms with van der Waals surface area (Å²) in [5.74, 6) is 0.732. The normalized spacial score (nSPS) is 31.4. The first-order chi connectivity index (χ1) is 13.7. The van der Waals surface area contributed by atoms with Crippen molar-refractivity contribution in [3.8, 4) is 0 Å². The highest BCUT2D eigenvalue weighted by molar-refractivity contribution is 5.88. The van der Waals surface area contributed by atoms with Gasteiger partial charge in [0.25, 0.3) is 0 Å². The van der Waals surface area contributed by atoms with Crippen LogP contribution in [0.15, 0.2) is 24.3 Å². The highest BCUT2D eigenvalue weighted by atomic mass is 19.4. The van der Waals surface area contributed by atoms with Crippen LogP contribution in [0.25, 0.3) is 0 Å². The highest BCUT2D eigenvalue weighted by Crippen LogP contribution is 2.60. The van der Waals surface area contributed by atoms with Crippen LogP contribution in [0.4, 0.5) is 13.2 Å². The van der Waals surface area contributed by atoms with Gasteiger partial charge in [-0.05, 0) is 67.9 Å². The largest absolute Gasteiger partial charge is 0.467 e. The van der Waals surface area contributed by atoms with Gasteiger partial charge in [0.1, 0.15) is 6.04 Å². The molecule has 5 rings (SSSR count). The van der Waals surface area contributed by atoms with Crippen molar-refractivity contribution < 1.29 is 27.5 Å². The van der Waals surface area contributed by atoms with E-state index in [1.165, 1.54) is 44.6 Å². The number of ether oxygens (including phenoxy) is 1. The van der Waals surface area contributed by atoms with Gasteiger partial charge in [-0.2, -0.15) is 13.2 Å². The highest BCUT2D eigenvalue weighted by Gasteiger charge is 2.55. The number of methoxy groups -OCH3 is 1. The molecule has 4 saturated carbocycles. The van der Waals surface area contributed by atoms with Crippen molar-refractivity contribution >= 4 is 11.9 Å². The maximum Gasteiger partial charge on any atom is 0.416 e. The molecule has 4 aliphatic rings. The molecule has 4 aliphatic carbocycles. The Bertz CT molecular complexity index is 769. The minimum atomic E-state index is -4.53. The summed E-state index contributed by atoms with van der Waals surface area (Å²) in [6.07, 6.45) is 1.19. The second-order valence-corrected chi connectivity index (χ2v) is 9.11. The molecule has 4 nitrogen and oxygen atoms in total. The lowest BCUT2D eigenvalue weighted by Gasteiger charge is -2.55. The zero-order chi connectivity index (χ0) is 20.8. The average molecular weight is 409 g/mol. The van der Waals surface area contributed by atoms with Crippen molar-refractivity contribution in [2.75, 3.05) is 7.11 Å². The number of hydrogen-bond acceptors (Lipinski definition) is 3. The first kappa shape index (κ1) is 20.2. The van der Waals surface area contributed by atoms with Crippen LogP contribution < -0.4 is 5.32 Å². The molecule has 158 valence electrons. The summed E-state index contributed by atoms with van der Waals surface area (Å²) >= 11 is 0. The van der Waals surface area contributed by atoms with Gasteiger partial charge in [0.05, 0.1) is 12.7 Å². The van der Waals surface area contributed by atoms with Crippen LogP contribution in [0.5, 0.6) is 0 Å². The number of nitrogens with one attached hydrogen (secondary N) is 1. The molecule has 7 heteroatoms. The van der Waals surface area contributed by atoms with Crippen LogP contribution in [-0.2, 0) is 26.9 Å². The Morgan fingerprint density at radius 3 is 2.17 bits per heavy atom. The number of alkyl halides is 3. The first-order valence-electron chi connectivity index (χ1n) is 10.2. The second kappa shape index (κ2) is 7.33. The van der Waals surface area contributed by atoms with E-state index in [1.807, 2.05) is 0 Å². The predicted molar refractivity (Wildman–Crippen MR) is 99.7 cm³/mol. The third-order valence-corrected chi connectivity index (χ3v) is 7.06. The van der Waals surface area contributed by atoms with Crippen LogP contribution in [-0.4, -0.2) is 25.0 Å². The summed E-state index contributed by atoms with van der Waals surface area (Å²) in [6, 6.07) is 4.01. The molecule has 0 aromatic heterocycles. The van der Waals surface area contributed by atoms with E-state index in [9.17, 15) is 22.8 Å². The Kier molecular flexibility index (Phi) is 5.11. The standard InChI is InChI=1S/C22H26F3NO3/c1-29-19(27)18(9-16-4-2-3-5-17(16)22(23,24)25)26-20(28)21-10-13-6-14(11-21)8-15(7-13)12-21/h2-5,13-15,18H,6-12H2,1H3,(H,26,28)/t13?,14?,15?,18-,21?/m0/s1. The van der Waals surface area contributed by atoms with E-state index < -0.39 is 29.2 Å². The number of carbonyl (C=O) groups is 2. The van der Waals surface area contributed by atoms with Gasteiger partial charge >= 0.3 is 12.1 Å². The van der Waals surface area contributed by atoms with E-state index in [2.05, 4.69) is 5.32 Å². The zero-order valence-corrected chi connectivity index (χ0v) is 16.4. The topological polar surface area (TPSA) is 55.4 Å². The molecule has 1 amide bonds. The molecule has 0 saturated heterocycles. The lowest BCUT2D eigenvalue weighted by atomic mass is 9.49. The van der Waals surface area contributed by atoms with E-state index in [0.717, 1.165) is 25.3 Å². The Labute approximate surface area is 168 Å². The van der Waals surface area contributed by atoms with Crippen molar-refractivity contribution in [1.29, 1.82) is 0 Å². The van der Waals surface area contributed by atoms with Gasteiger partial charge in [0.15, 0.2) is 0 Å². The zero-order valence-electron chi connectivity index (χ0n) is 16.4. The summed E-state index contributed by atoms with van der Waals surface area (Å²) in [5, 5.41) is 2.77. The molecular weight excluding hydrogens is 383 g/mol. The molecule has 1 aromatic rings. The van der Waals surface area contributed by atoms with E-state index in [-0.39, 0.29) is 17.9 Å². The molecule has 4 bridgehead atoms. The quantitative estimate of drug-likeness (QED) is 0.745. The van der Waals surface area contributed by atoms with E-state index in [4.69, 9.17) is 4.74 Å². The molecule has 4 fully saturated rings. The van der Waals surface area contributed by atoms with Gasteiger partial charge in [-0.15, -0.1) is 0 Å². The SMILES string of the molecule is COC(=O)[C@H](Cc1ccccc1C(F)(F)F)NC(=O)C12CC3CC(CC(C3)C1)C2. The number of halogens is 3. The first-order valence-corrected chi connectivity index (χ1v) is 10.2. The third-order valence-electron chi connectivity index (χ3n) is 7.06. The fourth-order valence-electron chi connectivity index (χ4n) is 6.23. The van der Waals surface area contributed by atoms with Gasteiger partial charge in [0, 0.05) is 11.8 Å². The van der Waals surface area contributed by atoms with E-state index >= 15 is 0 Å². The number of rotatable bonds is 5. The summed E-state index contributed by atoms with van der Waals surface area (Å²) in [7, 11) is 1.18. The molecule has 1 atom stereocenters. The van der Waals surface area contributed by atoms with Crippen LogP contribution in [0, 0.1) is 23.2 Å². The summed E-state index contributed by atoms with van der Waals surface area (Å²) in [6.45, 7) is 0. The van der Waals surface area contributed by atoms with Gasteiger partial charge in [-0.1, -0.05) is 18.2 Å². The number of hydrogen-bond donors (Lipinski definition) is 1. The van der Waals surface area contributed by atoms with Crippen molar-refractivity contribution in [3.05, 3.63) is 35.4 Å². The molecule has 0 spiro atoms. The molecule has 0 unspecified atom stereocenters. The molecule has 0 heterocycles. The fourth-order valence-corrected chi connectivity index (χ4v) is 6.23. The lowest BCUT2D eigenvalue weighted by Crippen LogP contribution is -2.56. The number of benzene rings is 1. The molecule has 29 heavy (non-hydrogen) atoms. The van der Waals surface area contributed by atoms with E-state index in [1.54, 1.807) is 0 Å². The van der Waals surface area contributed by atoms with Crippen LogP contribution in [0.3, 0.4) is 0 Å². The van der Waals surface area contributed by atoms with E-state index in [0.29, 0.717) is 17.8 Å². The van der Waals surface area contributed by atoms with Gasteiger partial charge in [-0.25, -0.2) is 4.79 Å². The monoisotopic (exact) mass is 409 g/mol. The van der Waals surface area contributed by atoms with Gasteiger partial charge in [0.2, 0.25) is 5.91 Å². The van der Waals surface area contributed by atoms with Gasteiger partial charge < -0.3 is 10.1 Å². The summed E-state index contributed by atoms with van der Waals surface area (Å²) in [5.41, 5.74) is -1.30. The van der Waals surface area contributed by atoms with Crippen molar-refractivity contribution in [3.63, 3.8) is 0 Å². The summed E-state index contributed by atoms with van der Waals surface area (Å²) in [4.78, 5) is 25.6. The van der Waals surface area contributed by atoms with Crippen LogP contribution in [0.2, 0.25) is 0 Å². The molecule has 0 radical (unpaired) electrons. The Morgan fingerprint density at radius 1 is 1.10 bits per heavy atom. The number of amides is 1.